The lowest BCUT2D eigenvalue weighted by molar-refractivity contribution is -0.121. The molecule has 142 valence electrons. The zero-order valence-electron chi connectivity index (χ0n) is 15.3. The Labute approximate surface area is 158 Å². The Bertz CT molecular complexity index is 997. The van der Waals surface area contributed by atoms with Crippen molar-refractivity contribution in [3.05, 3.63) is 59.2 Å². The smallest absolute Gasteiger partial charge is 0.338 e. The van der Waals surface area contributed by atoms with E-state index in [0.29, 0.717) is 12.1 Å². The SMILES string of the molecule is Cc1ccc(S(C)(=O)=O)cc1C(=O)OCC(=O)N1CCCc2ccccc21. The first-order chi connectivity index (χ1) is 12.8. The molecule has 0 fully saturated rings. The third-order valence-electron chi connectivity index (χ3n) is 4.60. The van der Waals surface area contributed by atoms with Gasteiger partial charge in [-0.2, -0.15) is 0 Å². The number of carbonyl (C=O) groups excluding carboxylic acids is 2. The molecule has 6 nitrogen and oxygen atoms in total. The minimum atomic E-state index is -3.44. The molecule has 1 amide bonds. The van der Waals surface area contributed by atoms with E-state index in [2.05, 4.69) is 0 Å². The molecule has 0 radical (unpaired) electrons. The van der Waals surface area contributed by atoms with E-state index in [4.69, 9.17) is 4.74 Å². The van der Waals surface area contributed by atoms with Crippen LogP contribution in [0.5, 0.6) is 0 Å². The second-order valence-electron chi connectivity index (χ2n) is 6.60. The highest BCUT2D eigenvalue weighted by molar-refractivity contribution is 7.90. The summed E-state index contributed by atoms with van der Waals surface area (Å²) >= 11 is 0. The number of hydrogen-bond acceptors (Lipinski definition) is 5. The molecule has 1 aliphatic rings. The summed E-state index contributed by atoms with van der Waals surface area (Å²) in [7, 11) is -3.44. The normalized spacial score (nSPS) is 13.8. The fourth-order valence-corrected chi connectivity index (χ4v) is 3.77. The van der Waals surface area contributed by atoms with Crippen molar-refractivity contribution in [2.75, 3.05) is 24.3 Å². The van der Waals surface area contributed by atoms with E-state index in [0.717, 1.165) is 30.3 Å². The van der Waals surface area contributed by atoms with Gasteiger partial charge in [-0.25, -0.2) is 13.2 Å². The predicted octanol–water partition coefficient (Wildman–Crippen LogP) is 2.53. The van der Waals surface area contributed by atoms with Crippen molar-refractivity contribution in [1.82, 2.24) is 0 Å². The van der Waals surface area contributed by atoms with Crippen molar-refractivity contribution in [3.8, 4) is 0 Å². The standard InChI is InChI=1S/C20H21NO5S/c1-14-9-10-16(27(2,24)25)12-17(14)20(23)26-13-19(22)21-11-5-7-15-6-3-4-8-18(15)21/h3-4,6,8-10,12H,5,7,11,13H2,1-2H3. The summed E-state index contributed by atoms with van der Waals surface area (Å²) in [5.74, 6) is -1.01. The predicted molar refractivity (Wildman–Crippen MR) is 102 cm³/mol. The molecular formula is C20H21NO5S. The Kier molecular flexibility index (Phi) is 5.32. The molecule has 0 N–H and O–H groups in total. The van der Waals surface area contributed by atoms with Gasteiger partial charge in [-0.3, -0.25) is 4.79 Å². The van der Waals surface area contributed by atoms with Crippen LogP contribution >= 0.6 is 0 Å². The zero-order valence-corrected chi connectivity index (χ0v) is 16.1. The van der Waals surface area contributed by atoms with Gasteiger partial charge in [0.25, 0.3) is 5.91 Å². The van der Waals surface area contributed by atoms with Gasteiger partial charge in [-0.15, -0.1) is 0 Å². The summed E-state index contributed by atoms with van der Waals surface area (Å²) in [6.07, 6.45) is 2.84. The highest BCUT2D eigenvalue weighted by Gasteiger charge is 2.24. The number of sulfone groups is 1. The Morgan fingerprint density at radius 3 is 2.63 bits per heavy atom. The number of carbonyl (C=O) groups is 2. The van der Waals surface area contributed by atoms with E-state index in [1.807, 2.05) is 24.3 Å². The average molecular weight is 387 g/mol. The van der Waals surface area contributed by atoms with E-state index in [-0.39, 0.29) is 16.4 Å². The number of fused-ring (bicyclic) bond motifs is 1. The minimum absolute atomic E-state index is 0.0383. The second-order valence-corrected chi connectivity index (χ2v) is 8.62. The maximum Gasteiger partial charge on any atom is 0.338 e. The van der Waals surface area contributed by atoms with Gasteiger partial charge in [0.05, 0.1) is 10.5 Å². The number of hydrogen-bond donors (Lipinski definition) is 0. The number of ether oxygens (including phenoxy) is 1. The van der Waals surface area contributed by atoms with Crippen LogP contribution in [0.2, 0.25) is 0 Å². The van der Waals surface area contributed by atoms with Gasteiger partial charge < -0.3 is 9.64 Å². The molecule has 0 aliphatic carbocycles. The second kappa shape index (κ2) is 7.52. The summed E-state index contributed by atoms with van der Waals surface area (Å²) in [5, 5.41) is 0. The van der Waals surface area contributed by atoms with Crippen molar-refractivity contribution in [2.45, 2.75) is 24.7 Å². The first-order valence-electron chi connectivity index (χ1n) is 8.63. The van der Waals surface area contributed by atoms with Gasteiger partial charge in [0.1, 0.15) is 0 Å². The molecule has 7 heteroatoms. The maximum absolute atomic E-state index is 12.6. The van der Waals surface area contributed by atoms with Crippen molar-refractivity contribution in [2.24, 2.45) is 0 Å². The molecule has 0 saturated carbocycles. The summed E-state index contributed by atoms with van der Waals surface area (Å²) in [6, 6.07) is 12.0. The van der Waals surface area contributed by atoms with Crippen LogP contribution < -0.4 is 4.90 Å². The molecule has 0 atom stereocenters. The Morgan fingerprint density at radius 2 is 1.89 bits per heavy atom. The maximum atomic E-state index is 12.6. The lowest BCUT2D eigenvalue weighted by Crippen LogP contribution is -2.38. The molecule has 2 aromatic carbocycles. The van der Waals surface area contributed by atoms with E-state index in [9.17, 15) is 18.0 Å². The Hall–Kier alpha value is -2.67. The molecule has 0 unspecified atom stereocenters. The quantitative estimate of drug-likeness (QED) is 0.753. The van der Waals surface area contributed by atoms with Crippen molar-refractivity contribution in [3.63, 3.8) is 0 Å². The van der Waals surface area contributed by atoms with Gasteiger partial charge in [0, 0.05) is 18.5 Å². The summed E-state index contributed by atoms with van der Waals surface area (Å²) in [5.41, 5.74) is 2.67. The van der Waals surface area contributed by atoms with E-state index in [1.54, 1.807) is 17.9 Å². The van der Waals surface area contributed by atoms with E-state index >= 15 is 0 Å². The highest BCUT2D eigenvalue weighted by atomic mass is 32.2. The van der Waals surface area contributed by atoms with Crippen LogP contribution in [-0.4, -0.2) is 39.7 Å². The van der Waals surface area contributed by atoms with Gasteiger partial charge >= 0.3 is 5.97 Å². The lowest BCUT2D eigenvalue weighted by Gasteiger charge is -2.29. The topological polar surface area (TPSA) is 80.7 Å². The number of esters is 1. The average Bonchev–Trinajstić information content (AvgIpc) is 2.64. The number of aryl methyl sites for hydroxylation is 2. The number of benzene rings is 2. The first kappa shape index (κ1) is 19.1. The first-order valence-corrected chi connectivity index (χ1v) is 10.5. The summed E-state index contributed by atoms with van der Waals surface area (Å²) in [6.45, 7) is 1.87. The molecule has 2 aromatic rings. The molecule has 3 rings (SSSR count). The summed E-state index contributed by atoms with van der Waals surface area (Å²) < 4.78 is 28.6. The number of nitrogens with zero attached hydrogens (tertiary/aromatic N) is 1. The number of rotatable bonds is 4. The van der Waals surface area contributed by atoms with E-state index in [1.165, 1.54) is 12.1 Å². The minimum Gasteiger partial charge on any atom is -0.452 e. The number of anilines is 1. The number of amides is 1. The Morgan fingerprint density at radius 1 is 1.15 bits per heavy atom. The van der Waals surface area contributed by atoms with Gasteiger partial charge in [0.15, 0.2) is 16.4 Å². The van der Waals surface area contributed by atoms with Crippen LogP contribution in [0.4, 0.5) is 5.69 Å². The van der Waals surface area contributed by atoms with Crippen molar-refractivity contribution >= 4 is 27.4 Å². The van der Waals surface area contributed by atoms with Crippen LogP contribution in [0.1, 0.15) is 27.9 Å². The number of para-hydroxylation sites is 1. The monoisotopic (exact) mass is 387 g/mol. The molecular weight excluding hydrogens is 366 g/mol. The molecule has 0 aromatic heterocycles. The molecule has 0 saturated heterocycles. The molecule has 0 spiro atoms. The van der Waals surface area contributed by atoms with Crippen LogP contribution in [0.3, 0.4) is 0 Å². The third-order valence-corrected chi connectivity index (χ3v) is 5.71. The molecule has 1 aliphatic heterocycles. The van der Waals surface area contributed by atoms with Gasteiger partial charge in [0.2, 0.25) is 0 Å². The van der Waals surface area contributed by atoms with E-state index < -0.39 is 22.4 Å². The third kappa shape index (κ3) is 4.19. The lowest BCUT2D eigenvalue weighted by atomic mass is 10.0. The largest absolute Gasteiger partial charge is 0.452 e. The molecule has 0 bridgehead atoms. The highest BCUT2D eigenvalue weighted by Crippen LogP contribution is 2.26. The van der Waals surface area contributed by atoms with Gasteiger partial charge in [-0.05, 0) is 49.1 Å². The molecule has 1 heterocycles. The Balaban J connectivity index is 1.73. The fraction of sp³-hybridized carbons (Fsp3) is 0.300. The molecule has 27 heavy (non-hydrogen) atoms. The summed E-state index contributed by atoms with van der Waals surface area (Å²) in [4.78, 5) is 26.6. The van der Waals surface area contributed by atoms with Crippen LogP contribution in [0.15, 0.2) is 47.4 Å². The van der Waals surface area contributed by atoms with Crippen LogP contribution in [-0.2, 0) is 25.8 Å². The zero-order chi connectivity index (χ0) is 19.6. The van der Waals surface area contributed by atoms with Crippen LogP contribution in [0, 0.1) is 6.92 Å². The fourth-order valence-electron chi connectivity index (χ4n) is 3.13. The van der Waals surface area contributed by atoms with Crippen molar-refractivity contribution < 1.29 is 22.7 Å². The van der Waals surface area contributed by atoms with Crippen LogP contribution in [0.25, 0.3) is 0 Å². The van der Waals surface area contributed by atoms with Gasteiger partial charge in [-0.1, -0.05) is 24.3 Å². The van der Waals surface area contributed by atoms with Crippen molar-refractivity contribution in [1.29, 1.82) is 0 Å².